The Morgan fingerprint density at radius 3 is 2.52 bits per heavy atom. The van der Waals surface area contributed by atoms with Crippen LogP contribution < -0.4 is 10.6 Å². The molecule has 2 amide bonds. The van der Waals surface area contributed by atoms with Crippen molar-refractivity contribution >= 4 is 17.5 Å². The molecule has 3 rings (SSSR count). The number of para-hydroxylation sites is 1. The summed E-state index contributed by atoms with van der Waals surface area (Å²) in [4.78, 5) is 28.2. The van der Waals surface area contributed by atoms with E-state index in [-0.39, 0.29) is 12.2 Å². The van der Waals surface area contributed by atoms with Crippen molar-refractivity contribution < 1.29 is 18.5 Å². The van der Waals surface area contributed by atoms with Gasteiger partial charge in [0.2, 0.25) is 17.6 Å². The van der Waals surface area contributed by atoms with Crippen LogP contribution in [-0.4, -0.2) is 28.5 Å². The highest BCUT2D eigenvalue weighted by Crippen LogP contribution is 2.17. The molecule has 1 aromatic heterocycles. The third-order valence-corrected chi connectivity index (χ3v) is 3.73. The molecule has 2 N–H and O–H groups in total. The maximum Gasteiger partial charge on any atom is 0.251 e. The maximum atomic E-state index is 13.5. The van der Waals surface area contributed by atoms with Gasteiger partial charge in [-0.25, -0.2) is 4.39 Å². The van der Waals surface area contributed by atoms with Crippen LogP contribution in [0.5, 0.6) is 0 Å². The normalized spacial score (nSPS) is 10.4. The summed E-state index contributed by atoms with van der Waals surface area (Å²) in [6.45, 7) is 1.63. The number of anilines is 1. The number of nitrogens with zero attached hydrogens (tertiary/aromatic N) is 2. The minimum absolute atomic E-state index is 0.0627. The molecule has 0 saturated carbocycles. The van der Waals surface area contributed by atoms with Crippen molar-refractivity contribution in [3.05, 3.63) is 65.8 Å². The fraction of sp³-hybridized carbons (Fsp3) is 0.158. The molecule has 0 radical (unpaired) electrons. The highest BCUT2D eigenvalue weighted by atomic mass is 19.1. The van der Waals surface area contributed by atoms with Crippen molar-refractivity contribution in [2.24, 2.45) is 0 Å². The molecule has 0 fully saturated rings. The van der Waals surface area contributed by atoms with E-state index >= 15 is 0 Å². The van der Waals surface area contributed by atoms with Crippen LogP contribution in [0.2, 0.25) is 0 Å². The first-order chi connectivity index (χ1) is 13.1. The van der Waals surface area contributed by atoms with Gasteiger partial charge in [-0.3, -0.25) is 9.59 Å². The molecule has 0 aliphatic rings. The third kappa shape index (κ3) is 4.55. The Morgan fingerprint density at radius 1 is 1.11 bits per heavy atom. The van der Waals surface area contributed by atoms with Gasteiger partial charge in [-0.1, -0.05) is 36.3 Å². The lowest BCUT2D eigenvalue weighted by atomic mass is 10.1. The molecule has 138 valence electrons. The number of aromatic nitrogens is 2. The van der Waals surface area contributed by atoms with E-state index in [1.54, 1.807) is 30.3 Å². The zero-order chi connectivity index (χ0) is 19.2. The zero-order valence-corrected chi connectivity index (χ0v) is 14.5. The summed E-state index contributed by atoms with van der Waals surface area (Å²) in [7, 11) is 0. The molecule has 0 saturated heterocycles. The topological polar surface area (TPSA) is 97.1 Å². The van der Waals surface area contributed by atoms with E-state index in [1.165, 1.54) is 18.2 Å². The van der Waals surface area contributed by atoms with Gasteiger partial charge < -0.3 is 15.2 Å². The van der Waals surface area contributed by atoms with Gasteiger partial charge in [-0.2, -0.15) is 4.98 Å². The summed E-state index contributed by atoms with van der Waals surface area (Å²) < 4.78 is 18.6. The SMILES string of the molecule is CCc1nc(-c2ccc(C(=O)NCC(=O)Nc3ccccc3F)cc2)no1. The lowest BCUT2D eigenvalue weighted by Gasteiger charge is -2.08. The first-order valence-electron chi connectivity index (χ1n) is 8.32. The van der Waals surface area contributed by atoms with Gasteiger partial charge in [0.1, 0.15) is 5.82 Å². The summed E-state index contributed by atoms with van der Waals surface area (Å²) in [5, 5.41) is 8.76. The van der Waals surface area contributed by atoms with E-state index in [9.17, 15) is 14.0 Å². The fourth-order valence-corrected chi connectivity index (χ4v) is 2.31. The Bertz CT molecular complexity index is 954. The van der Waals surface area contributed by atoms with Gasteiger partial charge in [0.05, 0.1) is 12.2 Å². The summed E-state index contributed by atoms with van der Waals surface area (Å²) in [6, 6.07) is 12.4. The minimum atomic E-state index is -0.541. The van der Waals surface area contributed by atoms with Crippen molar-refractivity contribution in [1.29, 1.82) is 0 Å². The van der Waals surface area contributed by atoms with Crippen LogP contribution in [0, 0.1) is 5.82 Å². The van der Waals surface area contributed by atoms with Crippen molar-refractivity contribution in [3.63, 3.8) is 0 Å². The van der Waals surface area contributed by atoms with Crippen molar-refractivity contribution in [2.45, 2.75) is 13.3 Å². The number of carbonyl (C=O) groups excluding carboxylic acids is 2. The van der Waals surface area contributed by atoms with E-state index in [1.807, 2.05) is 6.92 Å². The van der Waals surface area contributed by atoms with E-state index in [4.69, 9.17) is 4.52 Å². The molecule has 3 aromatic rings. The van der Waals surface area contributed by atoms with Crippen LogP contribution in [0.15, 0.2) is 53.1 Å². The average Bonchev–Trinajstić information content (AvgIpc) is 3.17. The molecule has 8 heteroatoms. The van der Waals surface area contributed by atoms with Gasteiger partial charge in [-0.05, 0) is 24.3 Å². The van der Waals surface area contributed by atoms with Gasteiger partial charge in [0, 0.05) is 17.5 Å². The first kappa shape index (κ1) is 18.2. The second-order valence-electron chi connectivity index (χ2n) is 5.65. The quantitative estimate of drug-likeness (QED) is 0.697. The van der Waals surface area contributed by atoms with Crippen LogP contribution in [0.1, 0.15) is 23.2 Å². The fourth-order valence-electron chi connectivity index (χ4n) is 2.31. The van der Waals surface area contributed by atoms with E-state index in [0.29, 0.717) is 29.3 Å². The van der Waals surface area contributed by atoms with E-state index in [2.05, 4.69) is 20.8 Å². The molecule has 0 atom stereocenters. The van der Waals surface area contributed by atoms with E-state index < -0.39 is 17.6 Å². The summed E-state index contributed by atoms with van der Waals surface area (Å²) in [5.74, 6) is -0.507. The number of amides is 2. The van der Waals surface area contributed by atoms with Crippen molar-refractivity contribution in [2.75, 3.05) is 11.9 Å². The Labute approximate surface area is 154 Å². The maximum absolute atomic E-state index is 13.5. The second kappa shape index (κ2) is 8.22. The molecule has 1 heterocycles. The first-order valence-corrected chi connectivity index (χ1v) is 8.32. The standard InChI is InChI=1S/C19H17FN4O3/c1-2-17-23-18(24-27-17)12-7-9-13(10-8-12)19(26)21-11-16(25)22-15-6-4-3-5-14(15)20/h3-10H,2,11H2,1H3,(H,21,26)(H,22,25). The summed E-state index contributed by atoms with van der Waals surface area (Å²) in [5.41, 5.74) is 1.15. The predicted molar refractivity (Wildman–Crippen MR) is 96.5 cm³/mol. The molecule has 27 heavy (non-hydrogen) atoms. The van der Waals surface area contributed by atoms with Crippen molar-refractivity contribution in [1.82, 2.24) is 15.5 Å². The number of hydrogen-bond donors (Lipinski definition) is 2. The van der Waals surface area contributed by atoms with Crippen molar-refractivity contribution in [3.8, 4) is 11.4 Å². The van der Waals surface area contributed by atoms with Gasteiger partial charge in [0.15, 0.2) is 0 Å². The molecule has 0 unspecified atom stereocenters. The smallest absolute Gasteiger partial charge is 0.251 e. The average molecular weight is 368 g/mol. The second-order valence-corrected chi connectivity index (χ2v) is 5.65. The zero-order valence-electron chi connectivity index (χ0n) is 14.5. The Morgan fingerprint density at radius 2 is 1.85 bits per heavy atom. The molecular weight excluding hydrogens is 351 g/mol. The van der Waals surface area contributed by atoms with Gasteiger partial charge >= 0.3 is 0 Å². The van der Waals surface area contributed by atoms with Gasteiger partial charge in [0.25, 0.3) is 5.91 Å². The van der Waals surface area contributed by atoms with Crippen LogP contribution in [0.3, 0.4) is 0 Å². The number of hydrogen-bond acceptors (Lipinski definition) is 5. The third-order valence-electron chi connectivity index (χ3n) is 3.73. The number of benzene rings is 2. The molecule has 7 nitrogen and oxygen atoms in total. The van der Waals surface area contributed by atoms with Crippen LogP contribution >= 0.6 is 0 Å². The highest BCUT2D eigenvalue weighted by Gasteiger charge is 2.12. The van der Waals surface area contributed by atoms with Crippen LogP contribution in [0.4, 0.5) is 10.1 Å². The largest absolute Gasteiger partial charge is 0.343 e. The monoisotopic (exact) mass is 368 g/mol. The molecular formula is C19H17FN4O3. The van der Waals surface area contributed by atoms with Crippen LogP contribution in [-0.2, 0) is 11.2 Å². The predicted octanol–water partition coefficient (Wildman–Crippen LogP) is 2.81. The Kier molecular flexibility index (Phi) is 5.55. The summed E-state index contributed by atoms with van der Waals surface area (Å²) in [6.07, 6.45) is 0.641. The molecule has 0 aliphatic carbocycles. The van der Waals surface area contributed by atoms with Gasteiger partial charge in [-0.15, -0.1) is 0 Å². The van der Waals surface area contributed by atoms with E-state index in [0.717, 1.165) is 0 Å². The number of carbonyl (C=O) groups is 2. The molecule has 0 aliphatic heterocycles. The minimum Gasteiger partial charge on any atom is -0.343 e. The highest BCUT2D eigenvalue weighted by molar-refractivity contribution is 5.99. The lowest BCUT2D eigenvalue weighted by molar-refractivity contribution is -0.115. The Hall–Kier alpha value is -3.55. The number of halogens is 1. The molecule has 2 aromatic carbocycles. The number of nitrogens with one attached hydrogen (secondary N) is 2. The number of rotatable bonds is 6. The summed E-state index contributed by atoms with van der Waals surface area (Å²) >= 11 is 0. The molecule has 0 bridgehead atoms. The Balaban J connectivity index is 1.56. The lowest BCUT2D eigenvalue weighted by Crippen LogP contribution is -2.33. The number of aryl methyl sites for hydroxylation is 1. The molecule has 0 spiro atoms. The van der Waals surface area contributed by atoms with Crippen LogP contribution in [0.25, 0.3) is 11.4 Å².